The molecule has 0 bridgehead atoms. The second kappa shape index (κ2) is 6.50. The van der Waals surface area contributed by atoms with Gasteiger partial charge in [0, 0.05) is 41.9 Å². The van der Waals surface area contributed by atoms with E-state index in [1.165, 1.54) is 56.0 Å². The Hall–Kier alpha value is -0.510. The maximum Gasteiger partial charge on any atom is 0.0335 e. The molecule has 1 aromatic carbocycles. The molecule has 110 valence electrons. The first-order valence-electron chi connectivity index (χ1n) is 7.95. The van der Waals surface area contributed by atoms with Crippen LogP contribution in [0.3, 0.4) is 0 Å². The molecule has 0 amide bonds. The minimum absolute atomic E-state index is 0.476. The number of nitrogens with zero attached hydrogens (tertiary/aromatic N) is 1. The van der Waals surface area contributed by atoms with Crippen LogP contribution in [0.15, 0.2) is 35.2 Å². The van der Waals surface area contributed by atoms with E-state index in [1.807, 2.05) is 11.8 Å². The number of rotatable bonds is 4. The summed E-state index contributed by atoms with van der Waals surface area (Å²) in [5, 5.41) is 3.70. The topological polar surface area (TPSA) is 15.3 Å². The maximum absolute atomic E-state index is 3.70. The first-order valence-corrected chi connectivity index (χ1v) is 8.93. The van der Waals surface area contributed by atoms with E-state index in [4.69, 9.17) is 0 Å². The minimum atomic E-state index is 0.476. The fourth-order valence-corrected chi connectivity index (χ4v) is 4.61. The molecule has 1 unspecified atom stereocenters. The van der Waals surface area contributed by atoms with Crippen molar-refractivity contribution in [1.29, 1.82) is 0 Å². The smallest absolute Gasteiger partial charge is 0.0335 e. The van der Waals surface area contributed by atoms with E-state index in [0.717, 1.165) is 0 Å². The molecule has 1 heterocycles. The molecule has 1 aliphatic carbocycles. The third-order valence-electron chi connectivity index (χ3n) is 4.85. The van der Waals surface area contributed by atoms with Gasteiger partial charge in [-0.15, -0.1) is 11.8 Å². The monoisotopic (exact) mass is 290 g/mol. The van der Waals surface area contributed by atoms with Crippen molar-refractivity contribution in [3.8, 4) is 0 Å². The SMILES string of the molecule is CC1CN(CCSc2ccccc2)C2(CCCC2)CN1. The summed E-state index contributed by atoms with van der Waals surface area (Å²) in [6.07, 6.45) is 5.61. The number of piperazine rings is 1. The van der Waals surface area contributed by atoms with Crippen LogP contribution in [-0.4, -0.2) is 41.9 Å². The van der Waals surface area contributed by atoms with Gasteiger partial charge in [-0.25, -0.2) is 0 Å². The molecule has 3 heteroatoms. The van der Waals surface area contributed by atoms with Gasteiger partial charge in [-0.2, -0.15) is 0 Å². The molecule has 2 fully saturated rings. The summed E-state index contributed by atoms with van der Waals surface area (Å²) < 4.78 is 0. The zero-order valence-electron chi connectivity index (χ0n) is 12.5. The molecule has 2 nitrogen and oxygen atoms in total. The molecule has 20 heavy (non-hydrogen) atoms. The first kappa shape index (κ1) is 14.4. The highest BCUT2D eigenvalue weighted by molar-refractivity contribution is 7.99. The van der Waals surface area contributed by atoms with Crippen LogP contribution >= 0.6 is 11.8 Å². The Bertz CT molecular complexity index is 414. The molecule has 1 saturated carbocycles. The van der Waals surface area contributed by atoms with Crippen LogP contribution in [0, 0.1) is 0 Å². The first-order chi connectivity index (χ1) is 9.78. The van der Waals surface area contributed by atoms with Crippen LogP contribution in [0.2, 0.25) is 0 Å². The Balaban J connectivity index is 1.56. The molecule has 0 aromatic heterocycles. The van der Waals surface area contributed by atoms with Crippen LogP contribution in [0.4, 0.5) is 0 Å². The Kier molecular flexibility index (Phi) is 4.69. The van der Waals surface area contributed by atoms with E-state index in [2.05, 4.69) is 47.5 Å². The van der Waals surface area contributed by atoms with Crippen molar-refractivity contribution in [2.45, 2.75) is 49.1 Å². The van der Waals surface area contributed by atoms with Crippen molar-refractivity contribution in [2.24, 2.45) is 0 Å². The molecule has 0 radical (unpaired) electrons. The lowest BCUT2D eigenvalue weighted by atomic mass is 9.91. The van der Waals surface area contributed by atoms with E-state index in [1.54, 1.807) is 0 Å². The minimum Gasteiger partial charge on any atom is -0.311 e. The van der Waals surface area contributed by atoms with Crippen molar-refractivity contribution in [3.63, 3.8) is 0 Å². The van der Waals surface area contributed by atoms with Crippen LogP contribution in [0.25, 0.3) is 0 Å². The average Bonchev–Trinajstić information content (AvgIpc) is 2.94. The number of nitrogens with one attached hydrogen (secondary N) is 1. The average molecular weight is 290 g/mol. The lowest BCUT2D eigenvalue weighted by Crippen LogP contribution is -2.63. The second-order valence-corrected chi connectivity index (χ2v) is 7.49. The summed E-state index contributed by atoms with van der Waals surface area (Å²) in [5.74, 6) is 1.21. The normalized spacial score (nSPS) is 26.1. The van der Waals surface area contributed by atoms with Gasteiger partial charge in [-0.1, -0.05) is 31.0 Å². The zero-order valence-corrected chi connectivity index (χ0v) is 13.3. The van der Waals surface area contributed by atoms with Crippen molar-refractivity contribution < 1.29 is 0 Å². The van der Waals surface area contributed by atoms with Crippen molar-refractivity contribution >= 4 is 11.8 Å². The number of hydrogen-bond acceptors (Lipinski definition) is 3. The Morgan fingerprint density at radius 1 is 1.25 bits per heavy atom. The number of benzene rings is 1. The van der Waals surface area contributed by atoms with Gasteiger partial charge in [-0.3, -0.25) is 4.90 Å². The Morgan fingerprint density at radius 3 is 2.75 bits per heavy atom. The molecule has 1 spiro atoms. The standard InChI is InChI=1S/C17H26N2S/c1-15-13-19(17(14-18-15)9-5-6-10-17)11-12-20-16-7-3-2-4-8-16/h2-4,7-8,15,18H,5-6,9-14H2,1H3. The Labute approximate surface area is 127 Å². The van der Waals surface area contributed by atoms with Crippen molar-refractivity contribution in [3.05, 3.63) is 30.3 Å². The van der Waals surface area contributed by atoms with Gasteiger partial charge in [-0.05, 0) is 31.9 Å². The van der Waals surface area contributed by atoms with Gasteiger partial charge >= 0.3 is 0 Å². The molecular formula is C17H26N2S. The van der Waals surface area contributed by atoms with E-state index in [0.29, 0.717) is 11.6 Å². The van der Waals surface area contributed by atoms with Gasteiger partial charge in [0.1, 0.15) is 0 Å². The van der Waals surface area contributed by atoms with Crippen molar-refractivity contribution in [2.75, 3.05) is 25.4 Å². The number of hydrogen-bond donors (Lipinski definition) is 1. The molecule has 2 aliphatic rings. The lowest BCUT2D eigenvalue weighted by molar-refractivity contribution is 0.0530. The highest BCUT2D eigenvalue weighted by Gasteiger charge is 2.42. The summed E-state index contributed by atoms with van der Waals surface area (Å²) in [5.41, 5.74) is 0.476. The third-order valence-corrected chi connectivity index (χ3v) is 5.84. The molecule has 1 N–H and O–H groups in total. The molecule has 1 aromatic rings. The van der Waals surface area contributed by atoms with E-state index >= 15 is 0 Å². The summed E-state index contributed by atoms with van der Waals surface area (Å²) in [4.78, 5) is 4.19. The molecule has 1 aliphatic heterocycles. The predicted molar refractivity (Wildman–Crippen MR) is 87.4 cm³/mol. The van der Waals surface area contributed by atoms with E-state index < -0.39 is 0 Å². The molecular weight excluding hydrogens is 264 g/mol. The highest BCUT2D eigenvalue weighted by Crippen LogP contribution is 2.37. The maximum atomic E-state index is 3.70. The quantitative estimate of drug-likeness (QED) is 0.856. The summed E-state index contributed by atoms with van der Waals surface area (Å²) in [6, 6.07) is 11.4. The second-order valence-electron chi connectivity index (χ2n) is 6.32. The van der Waals surface area contributed by atoms with Gasteiger partial charge in [0.25, 0.3) is 0 Å². The van der Waals surface area contributed by atoms with E-state index in [9.17, 15) is 0 Å². The summed E-state index contributed by atoms with van der Waals surface area (Å²) in [7, 11) is 0. The molecule has 3 rings (SSSR count). The van der Waals surface area contributed by atoms with Crippen LogP contribution in [0.5, 0.6) is 0 Å². The lowest BCUT2D eigenvalue weighted by Gasteiger charge is -2.47. The summed E-state index contributed by atoms with van der Waals surface area (Å²) in [6.45, 7) is 5.96. The molecule has 1 atom stereocenters. The zero-order chi connectivity index (χ0) is 13.8. The highest BCUT2D eigenvalue weighted by atomic mass is 32.2. The van der Waals surface area contributed by atoms with Gasteiger partial charge in [0.05, 0.1) is 0 Å². The largest absolute Gasteiger partial charge is 0.311 e. The van der Waals surface area contributed by atoms with E-state index in [-0.39, 0.29) is 0 Å². The predicted octanol–water partition coefficient (Wildman–Crippen LogP) is 3.39. The van der Waals surface area contributed by atoms with Crippen LogP contribution < -0.4 is 5.32 Å². The van der Waals surface area contributed by atoms with Crippen LogP contribution in [-0.2, 0) is 0 Å². The Morgan fingerprint density at radius 2 is 2.00 bits per heavy atom. The number of thioether (sulfide) groups is 1. The van der Waals surface area contributed by atoms with Gasteiger partial charge in [0.2, 0.25) is 0 Å². The van der Waals surface area contributed by atoms with Gasteiger partial charge in [0.15, 0.2) is 0 Å². The summed E-state index contributed by atoms with van der Waals surface area (Å²) >= 11 is 2.00. The van der Waals surface area contributed by atoms with Crippen molar-refractivity contribution in [1.82, 2.24) is 10.2 Å². The fraction of sp³-hybridized carbons (Fsp3) is 0.647. The molecule has 1 saturated heterocycles. The van der Waals surface area contributed by atoms with Gasteiger partial charge < -0.3 is 5.32 Å². The third kappa shape index (κ3) is 3.21. The fourth-order valence-electron chi connectivity index (χ4n) is 3.71. The van der Waals surface area contributed by atoms with Crippen LogP contribution in [0.1, 0.15) is 32.6 Å².